The standard InChI is InChI=1S/C6H14N4O2.C4H7NO4.2C3H7NO2/c7-4(5(11)12)2-1-3-10-6(8)9;5-2(4(8)9)1-3(6)7;2*1-2(4)3(5)6/h4H,1-3,7H2,(H,11,12)(H4,8,9,10);2H,1,5H2,(H,6,7)(H,8,9);2*2H,4H2,1H3,(H,5,6)/t4-;3*2-/m0000/s1. The molecule has 0 saturated carbocycles. The number of rotatable bonds is 10. The first-order valence-corrected chi connectivity index (χ1v) is 9.09. The topological polar surface area (TPSA) is 352 Å². The number of hydrogen-bond acceptors (Lipinski definition) is 10. The minimum absolute atomic E-state index is 0.112. The van der Waals surface area contributed by atoms with Crippen LogP contribution in [0.3, 0.4) is 0 Å². The molecule has 0 unspecified atom stereocenters. The van der Waals surface area contributed by atoms with E-state index in [0.717, 1.165) is 0 Å². The summed E-state index contributed by atoms with van der Waals surface area (Å²) < 4.78 is 0. The molecule has 0 saturated heterocycles. The molecule has 0 aliphatic rings. The molecule has 0 fully saturated rings. The molecule has 194 valence electrons. The van der Waals surface area contributed by atoms with E-state index in [0.29, 0.717) is 19.4 Å². The molecule has 4 atom stereocenters. The van der Waals surface area contributed by atoms with Gasteiger partial charge < -0.3 is 59.5 Å². The average molecular weight is 485 g/mol. The van der Waals surface area contributed by atoms with Gasteiger partial charge in [0, 0.05) is 6.54 Å². The van der Waals surface area contributed by atoms with Crippen molar-refractivity contribution in [1.29, 1.82) is 5.41 Å². The Hall–Kier alpha value is -3.54. The lowest BCUT2D eigenvalue weighted by Gasteiger charge is -2.06. The Morgan fingerprint density at radius 1 is 0.758 bits per heavy atom. The van der Waals surface area contributed by atoms with Gasteiger partial charge in [-0.2, -0.15) is 0 Å². The zero-order valence-electron chi connectivity index (χ0n) is 18.3. The second-order valence-corrected chi connectivity index (χ2v) is 6.22. The number of carboxylic acids is 5. The number of aliphatic carboxylic acids is 5. The van der Waals surface area contributed by atoms with Crippen LogP contribution in [0.4, 0.5) is 0 Å². The van der Waals surface area contributed by atoms with E-state index in [4.69, 9.17) is 59.6 Å². The minimum Gasteiger partial charge on any atom is -0.481 e. The Morgan fingerprint density at radius 2 is 1.09 bits per heavy atom. The fraction of sp³-hybridized carbons (Fsp3) is 0.625. The third-order valence-electron chi connectivity index (χ3n) is 2.82. The van der Waals surface area contributed by atoms with Gasteiger partial charge in [-0.1, -0.05) is 0 Å². The van der Waals surface area contributed by atoms with Crippen LogP contribution in [0.5, 0.6) is 0 Å². The van der Waals surface area contributed by atoms with Gasteiger partial charge in [-0.05, 0) is 26.7 Å². The summed E-state index contributed by atoms with van der Waals surface area (Å²) in [6.45, 7) is 3.32. The lowest BCUT2D eigenvalue weighted by Crippen LogP contribution is -2.34. The molecule has 0 spiro atoms. The molecule has 0 aliphatic heterocycles. The van der Waals surface area contributed by atoms with Gasteiger partial charge in [0.05, 0.1) is 6.42 Å². The highest BCUT2D eigenvalue weighted by molar-refractivity contribution is 5.80. The predicted molar refractivity (Wildman–Crippen MR) is 115 cm³/mol. The van der Waals surface area contributed by atoms with E-state index in [2.05, 4.69) is 5.32 Å². The molecule has 0 aromatic carbocycles. The van der Waals surface area contributed by atoms with Crippen LogP contribution in [0, 0.1) is 5.41 Å². The van der Waals surface area contributed by atoms with Crippen molar-refractivity contribution in [2.75, 3.05) is 6.54 Å². The SMILES string of the molecule is C[C@H](N)C(=O)O.C[C@H](N)C(=O)O.N=C(N)NCCC[C@H](N)C(=O)O.N[C@@H](CC(=O)O)C(=O)O. The van der Waals surface area contributed by atoms with Crippen LogP contribution in [0.1, 0.15) is 33.1 Å². The Bertz CT molecular complexity index is 611. The summed E-state index contributed by atoms with van der Waals surface area (Å²) in [4.78, 5) is 49.0. The largest absolute Gasteiger partial charge is 0.481 e. The van der Waals surface area contributed by atoms with Gasteiger partial charge in [-0.25, -0.2) is 0 Å². The van der Waals surface area contributed by atoms with Crippen molar-refractivity contribution in [3.05, 3.63) is 0 Å². The highest BCUT2D eigenvalue weighted by Gasteiger charge is 2.14. The highest BCUT2D eigenvalue weighted by Crippen LogP contribution is 1.92. The summed E-state index contributed by atoms with van der Waals surface area (Å²) in [6, 6.07) is -3.57. The van der Waals surface area contributed by atoms with Gasteiger partial charge in [0.2, 0.25) is 0 Å². The molecule has 0 aliphatic carbocycles. The fourth-order valence-electron chi connectivity index (χ4n) is 0.944. The molecule has 0 heterocycles. The van der Waals surface area contributed by atoms with Crippen molar-refractivity contribution < 1.29 is 49.5 Å². The van der Waals surface area contributed by atoms with Gasteiger partial charge in [-0.3, -0.25) is 29.4 Å². The predicted octanol–water partition coefficient (Wildman–Crippen LogP) is -3.63. The highest BCUT2D eigenvalue weighted by atomic mass is 16.4. The fourth-order valence-corrected chi connectivity index (χ4v) is 0.944. The van der Waals surface area contributed by atoms with Crippen LogP contribution in [-0.4, -0.2) is 92.1 Å². The third kappa shape index (κ3) is 36.2. The van der Waals surface area contributed by atoms with Crippen LogP contribution in [0.25, 0.3) is 0 Å². The number of carboxylic acid groups (broad SMARTS) is 5. The van der Waals surface area contributed by atoms with Crippen LogP contribution < -0.4 is 34.0 Å². The smallest absolute Gasteiger partial charge is 0.321 e. The quantitative estimate of drug-likeness (QED) is 0.0805. The van der Waals surface area contributed by atoms with E-state index >= 15 is 0 Å². The van der Waals surface area contributed by atoms with Gasteiger partial charge >= 0.3 is 29.8 Å². The summed E-state index contributed by atoms with van der Waals surface area (Å²) in [6.07, 6.45) is 0.442. The zero-order chi connectivity index (χ0) is 27.3. The molecule has 17 heteroatoms. The normalized spacial score (nSPS) is 12.8. The molecule has 17 N–H and O–H groups in total. The molecular formula is C16H35N7O10. The first kappa shape index (κ1) is 36.8. The molecule has 0 rings (SSSR count). The molecule has 17 nitrogen and oxygen atoms in total. The molecule has 33 heavy (non-hydrogen) atoms. The molecule has 0 bridgehead atoms. The van der Waals surface area contributed by atoms with Crippen LogP contribution in [-0.2, 0) is 24.0 Å². The maximum atomic E-state index is 10.2. The zero-order valence-corrected chi connectivity index (χ0v) is 18.3. The van der Waals surface area contributed by atoms with Crippen LogP contribution in [0.15, 0.2) is 0 Å². The number of nitrogens with two attached hydrogens (primary N) is 5. The maximum absolute atomic E-state index is 10.2. The van der Waals surface area contributed by atoms with Crippen molar-refractivity contribution >= 4 is 35.8 Å². The van der Waals surface area contributed by atoms with Crippen molar-refractivity contribution in [2.24, 2.45) is 28.7 Å². The Balaban J connectivity index is -0.000000178. The second-order valence-electron chi connectivity index (χ2n) is 6.22. The van der Waals surface area contributed by atoms with Gasteiger partial charge in [0.15, 0.2) is 5.96 Å². The summed E-state index contributed by atoms with van der Waals surface area (Å²) in [5, 5.41) is 49.5. The minimum atomic E-state index is -1.29. The van der Waals surface area contributed by atoms with E-state index in [9.17, 15) is 24.0 Å². The summed E-state index contributed by atoms with van der Waals surface area (Å²) in [5.41, 5.74) is 24.7. The van der Waals surface area contributed by atoms with Gasteiger partial charge in [0.25, 0.3) is 0 Å². The first-order valence-electron chi connectivity index (χ1n) is 9.09. The number of guanidine groups is 1. The molecule has 0 aromatic rings. The van der Waals surface area contributed by atoms with E-state index in [1.807, 2.05) is 0 Å². The average Bonchev–Trinajstić information content (AvgIpc) is 2.65. The maximum Gasteiger partial charge on any atom is 0.321 e. The van der Waals surface area contributed by atoms with Crippen molar-refractivity contribution in [3.63, 3.8) is 0 Å². The first-order chi connectivity index (χ1) is 14.9. The number of hydrogen-bond donors (Lipinski definition) is 12. The van der Waals surface area contributed by atoms with Crippen LogP contribution in [0.2, 0.25) is 0 Å². The summed E-state index contributed by atoms with van der Waals surface area (Å²) in [7, 11) is 0. The molecule has 0 amide bonds. The van der Waals surface area contributed by atoms with Crippen molar-refractivity contribution in [2.45, 2.75) is 57.3 Å². The third-order valence-corrected chi connectivity index (χ3v) is 2.82. The van der Waals surface area contributed by atoms with E-state index in [-0.39, 0.29) is 5.96 Å². The molecule has 0 aromatic heterocycles. The van der Waals surface area contributed by atoms with E-state index in [1.54, 1.807) is 0 Å². The second kappa shape index (κ2) is 21.7. The van der Waals surface area contributed by atoms with Crippen LogP contribution >= 0.6 is 0 Å². The lowest BCUT2D eigenvalue weighted by molar-refractivity contribution is -0.144. The van der Waals surface area contributed by atoms with Crippen molar-refractivity contribution in [3.8, 4) is 0 Å². The number of nitrogens with one attached hydrogen (secondary N) is 2. The lowest BCUT2D eigenvalue weighted by atomic mass is 10.2. The summed E-state index contributed by atoms with van der Waals surface area (Å²) in [5.74, 6) is -5.54. The Morgan fingerprint density at radius 3 is 1.27 bits per heavy atom. The van der Waals surface area contributed by atoms with E-state index < -0.39 is 60.4 Å². The van der Waals surface area contributed by atoms with Gasteiger partial charge in [-0.15, -0.1) is 0 Å². The Labute approximate surface area is 189 Å². The van der Waals surface area contributed by atoms with Crippen molar-refractivity contribution in [1.82, 2.24) is 5.32 Å². The van der Waals surface area contributed by atoms with Gasteiger partial charge in [0.1, 0.15) is 24.2 Å². The molecule has 0 radical (unpaired) electrons. The summed E-state index contributed by atoms with van der Waals surface area (Å²) >= 11 is 0. The molecular weight excluding hydrogens is 450 g/mol. The van der Waals surface area contributed by atoms with E-state index in [1.165, 1.54) is 13.8 Å². The Kier molecular flexibility index (Phi) is 24.2. The monoisotopic (exact) mass is 485 g/mol. The number of carbonyl (C=O) groups is 5.